The maximum Gasteiger partial charge on any atom is 0.363 e. The molecule has 0 fully saturated rings. The summed E-state index contributed by atoms with van der Waals surface area (Å²) in [4.78, 5) is 39.5. The lowest BCUT2D eigenvalue weighted by Gasteiger charge is -2.14. The Morgan fingerprint density at radius 3 is 2.50 bits per heavy atom. The van der Waals surface area contributed by atoms with Crippen molar-refractivity contribution in [1.82, 2.24) is 0 Å². The Bertz CT molecular complexity index is 1160. The predicted molar refractivity (Wildman–Crippen MR) is 129 cm³/mol. The van der Waals surface area contributed by atoms with Crippen molar-refractivity contribution < 1.29 is 33.3 Å². The summed E-state index contributed by atoms with van der Waals surface area (Å²) in [6.07, 6.45) is 1.56. The molecule has 1 amide bonds. The van der Waals surface area contributed by atoms with Gasteiger partial charge in [-0.25, -0.2) is 14.6 Å². The van der Waals surface area contributed by atoms with Crippen LogP contribution >= 0.6 is 15.9 Å². The van der Waals surface area contributed by atoms with E-state index in [1.165, 1.54) is 6.92 Å². The molecule has 0 unspecified atom stereocenters. The lowest BCUT2D eigenvalue weighted by Crippen LogP contribution is -2.15. The number of esters is 2. The van der Waals surface area contributed by atoms with Gasteiger partial charge in [-0.05, 0) is 77.8 Å². The Kier molecular flexibility index (Phi) is 8.42. The predicted octanol–water partition coefficient (Wildman–Crippen LogP) is 4.09. The zero-order chi connectivity index (χ0) is 24.7. The molecule has 3 rings (SSSR count). The van der Waals surface area contributed by atoms with Crippen LogP contribution in [0.4, 0.5) is 5.69 Å². The van der Waals surface area contributed by atoms with Crippen LogP contribution in [0, 0.1) is 0 Å². The Morgan fingerprint density at radius 1 is 1.12 bits per heavy atom. The average molecular weight is 531 g/mol. The van der Waals surface area contributed by atoms with Gasteiger partial charge < -0.3 is 24.3 Å². The number of halogens is 1. The fraction of sp³-hybridized carbons (Fsp3) is 0.250. The van der Waals surface area contributed by atoms with Crippen LogP contribution < -0.4 is 14.8 Å². The van der Waals surface area contributed by atoms with Crippen LogP contribution in [0.1, 0.15) is 31.9 Å². The number of anilines is 1. The zero-order valence-electron chi connectivity index (χ0n) is 18.8. The van der Waals surface area contributed by atoms with Crippen molar-refractivity contribution in [3.05, 3.63) is 57.7 Å². The molecule has 2 aromatic carbocycles. The van der Waals surface area contributed by atoms with E-state index in [2.05, 4.69) is 26.2 Å². The minimum Gasteiger partial charge on any atom is -0.490 e. The highest BCUT2D eigenvalue weighted by Gasteiger charge is 2.24. The molecule has 10 heteroatoms. The van der Waals surface area contributed by atoms with Crippen LogP contribution in [0.25, 0.3) is 6.08 Å². The molecule has 178 valence electrons. The third-order valence-corrected chi connectivity index (χ3v) is 4.94. The maximum atomic E-state index is 12.4. The first-order valence-electron chi connectivity index (χ1n) is 10.5. The molecule has 1 aliphatic rings. The summed E-state index contributed by atoms with van der Waals surface area (Å²) in [6, 6.07) is 10.1. The van der Waals surface area contributed by atoms with Crippen molar-refractivity contribution in [2.75, 3.05) is 25.1 Å². The van der Waals surface area contributed by atoms with Crippen molar-refractivity contribution in [1.29, 1.82) is 0 Å². The molecule has 0 aromatic heterocycles. The Labute approximate surface area is 204 Å². The number of hydrogen-bond acceptors (Lipinski definition) is 8. The monoisotopic (exact) mass is 530 g/mol. The number of benzene rings is 2. The minimum atomic E-state index is -0.599. The molecule has 1 N–H and O–H groups in total. The summed E-state index contributed by atoms with van der Waals surface area (Å²) in [5.74, 6) is -0.394. The van der Waals surface area contributed by atoms with Gasteiger partial charge in [0.1, 0.15) is 0 Å². The summed E-state index contributed by atoms with van der Waals surface area (Å²) in [5, 5.41) is 2.67. The number of ether oxygens (including phenoxy) is 4. The van der Waals surface area contributed by atoms with Gasteiger partial charge in [-0.2, -0.15) is 0 Å². The number of nitrogens with zero attached hydrogens (tertiary/aromatic N) is 1. The second-order valence-electron chi connectivity index (χ2n) is 6.95. The fourth-order valence-corrected chi connectivity index (χ4v) is 3.57. The number of rotatable bonds is 9. The molecule has 0 spiro atoms. The SMILES string of the molecule is CCOC(=O)COc1c(Br)cc(/C=C2\N=C(c3ccc(NC(C)=O)cc3)OC2=O)cc1OCC. The number of amides is 1. The molecule has 0 atom stereocenters. The number of aliphatic imine (C=N–C) groups is 1. The van der Waals surface area contributed by atoms with E-state index in [9.17, 15) is 14.4 Å². The van der Waals surface area contributed by atoms with Crippen LogP contribution in [0.2, 0.25) is 0 Å². The van der Waals surface area contributed by atoms with E-state index in [0.29, 0.717) is 39.4 Å². The van der Waals surface area contributed by atoms with Crippen LogP contribution in [0.3, 0.4) is 0 Å². The maximum absolute atomic E-state index is 12.4. The van der Waals surface area contributed by atoms with Gasteiger partial charge in [0, 0.05) is 18.2 Å². The van der Waals surface area contributed by atoms with E-state index >= 15 is 0 Å². The van der Waals surface area contributed by atoms with E-state index in [1.54, 1.807) is 49.4 Å². The highest BCUT2D eigenvalue weighted by atomic mass is 79.9. The third-order valence-electron chi connectivity index (χ3n) is 4.35. The van der Waals surface area contributed by atoms with Crippen molar-refractivity contribution >= 4 is 51.4 Å². The number of hydrogen-bond donors (Lipinski definition) is 1. The van der Waals surface area contributed by atoms with Crippen LogP contribution in [0.5, 0.6) is 11.5 Å². The van der Waals surface area contributed by atoms with Gasteiger partial charge in [0.15, 0.2) is 23.8 Å². The Balaban J connectivity index is 1.84. The normalized spacial score (nSPS) is 13.8. The summed E-state index contributed by atoms with van der Waals surface area (Å²) in [5.41, 5.74) is 1.92. The first kappa shape index (κ1) is 25.0. The quantitative estimate of drug-likeness (QED) is 0.383. The van der Waals surface area contributed by atoms with Gasteiger partial charge in [-0.15, -0.1) is 0 Å². The molecule has 0 bridgehead atoms. The topological polar surface area (TPSA) is 113 Å². The van der Waals surface area contributed by atoms with Crippen molar-refractivity contribution in [3.8, 4) is 11.5 Å². The molecule has 2 aromatic rings. The van der Waals surface area contributed by atoms with E-state index in [1.807, 2.05) is 6.92 Å². The summed E-state index contributed by atoms with van der Waals surface area (Å²) in [7, 11) is 0. The summed E-state index contributed by atoms with van der Waals surface area (Å²) in [6.45, 7) is 5.30. The number of carbonyl (C=O) groups is 3. The molecular formula is C24H23BrN2O7. The van der Waals surface area contributed by atoms with Gasteiger partial charge in [-0.1, -0.05) is 0 Å². The van der Waals surface area contributed by atoms with E-state index in [0.717, 1.165) is 0 Å². The highest BCUT2D eigenvalue weighted by Crippen LogP contribution is 2.38. The third kappa shape index (κ3) is 6.44. The molecule has 1 aliphatic heterocycles. The van der Waals surface area contributed by atoms with Gasteiger partial charge in [0.25, 0.3) is 0 Å². The first-order chi connectivity index (χ1) is 16.3. The molecular weight excluding hydrogens is 508 g/mol. The number of cyclic esters (lactones) is 1. The zero-order valence-corrected chi connectivity index (χ0v) is 20.4. The lowest BCUT2D eigenvalue weighted by molar-refractivity contribution is -0.145. The van der Waals surface area contributed by atoms with Gasteiger partial charge in [0.2, 0.25) is 11.8 Å². The second kappa shape index (κ2) is 11.5. The summed E-state index contributed by atoms with van der Waals surface area (Å²) < 4.78 is 21.9. The largest absolute Gasteiger partial charge is 0.490 e. The molecule has 0 aliphatic carbocycles. The first-order valence-corrected chi connectivity index (χ1v) is 11.2. The average Bonchev–Trinajstić information content (AvgIpc) is 3.14. The highest BCUT2D eigenvalue weighted by molar-refractivity contribution is 9.10. The Hall–Kier alpha value is -3.66. The van der Waals surface area contributed by atoms with E-state index in [-0.39, 0.29) is 30.7 Å². The standard InChI is InChI=1S/C24H23BrN2O7/c1-4-31-20-12-15(10-18(25)22(20)33-13-21(29)32-5-2)11-19-24(30)34-23(27-19)16-6-8-17(9-7-16)26-14(3)28/h6-12H,4-5,13H2,1-3H3,(H,26,28)/b19-11-. The lowest BCUT2D eigenvalue weighted by atomic mass is 10.1. The van der Waals surface area contributed by atoms with E-state index in [4.69, 9.17) is 18.9 Å². The molecule has 0 saturated heterocycles. The van der Waals surface area contributed by atoms with Crippen molar-refractivity contribution in [2.24, 2.45) is 4.99 Å². The fourth-order valence-electron chi connectivity index (χ4n) is 3.00. The van der Waals surface area contributed by atoms with Crippen LogP contribution in [0.15, 0.2) is 51.6 Å². The summed E-state index contributed by atoms with van der Waals surface area (Å²) >= 11 is 3.43. The van der Waals surface area contributed by atoms with E-state index < -0.39 is 11.9 Å². The molecule has 9 nitrogen and oxygen atoms in total. The Morgan fingerprint density at radius 2 is 1.85 bits per heavy atom. The molecule has 0 saturated carbocycles. The van der Waals surface area contributed by atoms with Crippen molar-refractivity contribution in [3.63, 3.8) is 0 Å². The molecule has 0 radical (unpaired) electrons. The molecule has 1 heterocycles. The van der Waals surface area contributed by atoms with Crippen LogP contribution in [-0.4, -0.2) is 43.6 Å². The van der Waals surface area contributed by atoms with Crippen molar-refractivity contribution in [2.45, 2.75) is 20.8 Å². The second-order valence-corrected chi connectivity index (χ2v) is 7.81. The van der Waals surface area contributed by atoms with Crippen LogP contribution in [-0.2, 0) is 23.9 Å². The number of carbonyl (C=O) groups excluding carboxylic acids is 3. The van der Waals surface area contributed by atoms with Gasteiger partial charge >= 0.3 is 11.9 Å². The van der Waals surface area contributed by atoms with Gasteiger partial charge in [-0.3, -0.25) is 4.79 Å². The van der Waals surface area contributed by atoms with Gasteiger partial charge in [0.05, 0.1) is 17.7 Å². The number of nitrogens with one attached hydrogen (secondary N) is 1. The molecule has 34 heavy (non-hydrogen) atoms. The minimum absolute atomic E-state index is 0.107. The smallest absolute Gasteiger partial charge is 0.363 e.